The lowest BCUT2D eigenvalue weighted by Crippen LogP contribution is -2.44. The SMILES string of the molecule is Cc1ccc(S(=O)(=O)N[C@H](Cc2ccccc2)C(=O)Oc2ccc3c4c(c(=O)oc3c2C)CCCC4)cc1. The Balaban J connectivity index is 1.47. The predicted molar refractivity (Wildman–Crippen MR) is 145 cm³/mol. The first-order valence-electron chi connectivity index (χ1n) is 12.7. The largest absolute Gasteiger partial charge is 0.425 e. The van der Waals surface area contributed by atoms with Crippen molar-refractivity contribution in [1.82, 2.24) is 4.72 Å². The van der Waals surface area contributed by atoms with E-state index in [1.807, 2.05) is 37.3 Å². The summed E-state index contributed by atoms with van der Waals surface area (Å²) >= 11 is 0. The maximum atomic E-state index is 13.4. The van der Waals surface area contributed by atoms with Gasteiger partial charge in [-0.05, 0) is 81.3 Å². The van der Waals surface area contributed by atoms with E-state index in [1.165, 1.54) is 12.1 Å². The summed E-state index contributed by atoms with van der Waals surface area (Å²) in [5, 5.41) is 0.845. The Morgan fingerprint density at radius 2 is 1.63 bits per heavy atom. The molecule has 1 N–H and O–H groups in total. The second kappa shape index (κ2) is 10.6. The van der Waals surface area contributed by atoms with Crippen molar-refractivity contribution in [2.45, 2.75) is 56.9 Å². The number of fused-ring (bicyclic) bond motifs is 3. The Morgan fingerprint density at radius 3 is 2.34 bits per heavy atom. The van der Waals surface area contributed by atoms with Crippen LogP contribution in [0.15, 0.2) is 80.8 Å². The van der Waals surface area contributed by atoms with Crippen molar-refractivity contribution < 1.29 is 22.4 Å². The molecule has 5 rings (SSSR count). The molecule has 38 heavy (non-hydrogen) atoms. The molecule has 1 heterocycles. The highest BCUT2D eigenvalue weighted by Crippen LogP contribution is 2.32. The fourth-order valence-electron chi connectivity index (χ4n) is 4.91. The number of esters is 1. The zero-order valence-corrected chi connectivity index (χ0v) is 22.1. The van der Waals surface area contributed by atoms with Gasteiger partial charge in [-0.3, -0.25) is 0 Å². The smallest absolute Gasteiger partial charge is 0.339 e. The fraction of sp³-hybridized carbons (Fsp3) is 0.267. The van der Waals surface area contributed by atoms with Gasteiger partial charge in [0.2, 0.25) is 10.0 Å². The van der Waals surface area contributed by atoms with E-state index in [4.69, 9.17) is 9.15 Å². The van der Waals surface area contributed by atoms with E-state index in [2.05, 4.69) is 4.72 Å². The van der Waals surface area contributed by atoms with Gasteiger partial charge in [-0.25, -0.2) is 18.0 Å². The van der Waals surface area contributed by atoms with Crippen LogP contribution >= 0.6 is 0 Å². The second-order valence-corrected chi connectivity index (χ2v) is 11.4. The molecule has 196 valence electrons. The van der Waals surface area contributed by atoms with Gasteiger partial charge in [0.1, 0.15) is 17.4 Å². The Hall–Kier alpha value is -3.75. The van der Waals surface area contributed by atoms with Crippen LogP contribution in [-0.2, 0) is 34.1 Å². The minimum atomic E-state index is -4.01. The number of hydrogen-bond donors (Lipinski definition) is 1. The lowest BCUT2D eigenvalue weighted by molar-refractivity contribution is -0.136. The van der Waals surface area contributed by atoms with Crippen molar-refractivity contribution in [1.29, 1.82) is 0 Å². The van der Waals surface area contributed by atoms with Gasteiger partial charge in [-0.1, -0.05) is 48.0 Å². The van der Waals surface area contributed by atoms with Crippen LogP contribution in [0.2, 0.25) is 0 Å². The van der Waals surface area contributed by atoms with Gasteiger partial charge < -0.3 is 9.15 Å². The van der Waals surface area contributed by atoms with Crippen LogP contribution in [0.4, 0.5) is 0 Å². The zero-order valence-electron chi connectivity index (χ0n) is 21.3. The number of ether oxygens (including phenoxy) is 1. The molecule has 8 heteroatoms. The maximum Gasteiger partial charge on any atom is 0.339 e. The molecule has 0 unspecified atom stereocenters. The molecule has 3 aromatic carbocycles. The maximum absolute atomic E-state index is 13.4. The lowest BCUT2D eigenvalue weighted by atomic mass is 9.90. The molecule has 7 nitrogen and oxygen atoms in total. The molecular weight excluding hydrogens is 502 g/mol. The first-order chi connectivity index (χ1) is 18.2. The monoisotopic (exact) mass is 531 g/mol. The molecule has 1 aromatic heterocycles. The molecule has 0 bridgehead atoms. The van der Waals surface area contributed by atoms with Crippen LogP contribution in [0.1, 0.15) is 40.7 Å². The molecule has 0 radical (unpaired) electrons. The highest BCUT2D eigenvalue weighted by atomic mass is 32.2. The standard InChI is InChI=1S/C30H29NO6S/c1-19-12-14-22(15-13-19)38(34,35)31-26(18-21-8-4-3-5-9-21)30(33)36-27-17-16-24-23-10-6-7-11-25(23)29(32)37-28(24)20(27)2/h3-5,8-9,12-17,26,31H,6-7,10-11,18H2,1-2H3/t26-/m1/s1. The Morgan fingerprint density at radius 1 is 0.947 bits per heavy atom. The Bertz CT molecular complexity index is 1660. The molecule has 1 aliphatic carbocycles. The topological polar surface area (TPSA) is 103 Å². The van der Waals surface area contributed by atoms with Crippen molar-refractivity contribution in [3.8, 4) is 5.75 Å². The van der Waals surface area contributed by atoms with Crippen LogP contribution in [0.3, 0.4) is 0 Å². The normalized spacial score (nSPS) is 14.2. The molecule has 1 atom stereocenters. The number of hydrogen-bond acceptors (Lipinski definition) is 6. The third kappa shape index (κ3) is 5.28. The summed E-state index contributed by atoms with van der Waals surface area (Å²) in [6.45, 7) is 3.59. The Labute approximate surface area is 221 Å². The fourth-order valence-corrected chi connectivity index (χ4v) is 6.10. The molecule has 1 aliphatic rings. The van der Waals surface area contributed by atoms with Gasteiger partial charge >= 0.3 is 11.6 Å². The number of sulfonamides is 1. The quantitative estimate of drug-likeness (QED) is 0.209. The third-order valence-electron chi connectivity index (χ3n) is 7.00. The van der Waals surface area contributed by atoms with Gasteiger partial charge in [0.25, 0.3) is 0 Å². The summed E-state index contributed by atoms with van der Waals surface area (Å²) in [5.74, 6) is -0.540. The number of aryl methyl sites for hydroxylation is 3. The van der Waals surface area contributed by atoms with Crippen molar-refractivity contribution >= 4 is 27.0 Å². The van der Waals surface area contributed by atoms with Crippen molar-refractivity contribution in [2.75, 3.05) is 0 Å². The molecular formula is C30H29NO6S. The zero-order chi connectivity index (χ0) is 26.9. The van der Waals surface area contributed by atoms with Crippen LogP contribution in [0.5, 0.6) is 5.75 Å². The van der Waals surface area contributed by atoms with E-state index >= 15 is 0 Å². The van der Waals surface area contributed by atoms with E-state index in [0.29, 0.717) is 17.6 Å². The molecule has 0 fully saturated rings. The van der Waals surface area contributed by atoms with Crippen LogP contribution in [0.25, 0.3) is 11.0 Å². The molecule has 4 aromatic rings. The molecule has 0 aliphatic heterocycles. The number of rotatable bonds is 7. The van der Waals surface area contributed by atoms with E-state index in [-0.39, 0.29) is 22.7 Å². The van der Waals surface area contributed by atoms with E-state index in [0.717, 1.165) is 46.9 Å². The first-order valence-corrected chi connectivity index (χ1v) is 14.1. The predicted octanol–water partition coefficient (Wildman–Crippen LogP) is 4.78. The highest BCUT2D eigenvalue weighted by Gasteiger charge is 2.29. The second-order valence-electron chi connectivity index (χ2n) is 9.72. The van der Waals surface area contributed by atoms with Gasteiger partial charge in [0.15, 0.2) is 0 Å². The van der Waals surface area contributed by atoms with Gasteiger partial charge in [0.05, 0.1) is 4.90 Å². The number of carbonyl (C=O) groups is 1. The molecule has 0 spiro atoms. The summed E-state index contributed by atoms with van der Waals surface area (Å²) in [6.07, 6.45) is 3.56. The number of carbonyl (C=O) groups excluding carboxylic acids is 1. The van der Waals surface area contributed by atoms with E-state index in [9.17, 15) is 18.0 Å². The molecule has 0 amide bonds. The first kappa shape index (κ1) is 25.9. The van der Waals surface area contributed by atoms with Crippen LogP contribution < -0.4 is 15.1 Å². The number of benzene rings is 3. The highest BCUT2D eigenvalue weighted by molar-refractivity contribution is 7.89. The summed E-state index contributed by atoms with van der Waals surface area (Å²) in [4.78, 5) is 26.1. The van der Waals surface area contributed by atoms with Crippen molar-refractivity contribution in [3.63, 3.8) is 0 Å². The van der Waals surface area contributed by atoms with Crippen molar-refractivity contribution in [3.05, 3.63) is 105 Å². The van der Waals surface area contributed by atoms with Gasteiger partial charge in [-0.15, -0.1) is 0 Å². The summed E-state index contributed by atoms with van der Waals surface area (Å²) in [6, 6.07) is 17.8. The average Bonchev–Trinajstić information content (AvgIpc) is 2.91. The average molecular weight is 532 g/mol. The van der Waals surface area contributed by atoms with Crippen LogP contribution in [-0.4, -0.2) is 20.4 Å². The molecule has 0 saturated carbocycles. The molecule has 0 saturated heterocycles. The lowest BCUT2D eigenvalue weighted by Gasteiger charge is -2.20. The minimum absolute atomic E-state index is 0.0578. The summed E-state index contributed by atoms with van der Waals surface area (Å²) < 4.78 is 40.2. The third-order valence-corrected chi connectivity index (χ3v) is 8.48. The Kier molecular flexibility index (Phi) is 7.19. The van der Waals surface area contributed by atoms with Crippen LogP contribution in [0, 0.1) is 13.8 Å². The summed E-state index contributed by atoms with van der Waals surface area (Å²) in [5.41, 5.74) is 3.96. The van der Waals surface area contributed by atoms with E-state index in [1.54, 1.807) is 31.2 Å². The minimum Gasteiger partial charge on any atom is -0.425 e. The number of nitrogens with one attached hydrogen (secondary N) is 1. The van der Waals surface area contributed by atoms with Crippen molar-refractivity contribution in [2.24, 2.45) is 0 Å². The van der Waals surface area contributed by atoms with Gasteiger partial charge in [-0.2, -0.15) is 4.72 Å². The summed E-state index contributed by atoms with van der Waals surface area (Å²) in [7, 11) is -4.01. The van der Waals surface area contributed by atoms with Gasteiger partial charge in [0, 0.05) is 16.5 Å². The van der Waals surface area contributed by atoms with E-state index < -0.39 is 22.0 Å².